The van der Waals surface area contributed by atoms with Crippen molar-refractivity contribution in [3.63, 3.8) is 0 Å². The van der Waals surface area contributed by atoms with Crippen molar-refractivity contribution in [2.45, 2.75) is 25.9 Å². The summed E-state index contributed by atoms with van der Waals surface area (Å²) in [6.45, 7) is 6.91. The Morgan fingerprint density at radius 2 is 2.33 bits per heavy atom. The first-order chi connectivity index (χ1) is 7.27. The van der Waals surface area contributed by atoms with E-state index in [9.17, 15) is 0 Å². The molecule has 0 radical (unpaired) electrons. The summed E-state index contributed by atoms with van der Waals surface area (Å²) in [6.07, 6.45) is 0.123. The van der Waals surface area contributed by atoms with E-state index in [1.54, 1.807) is 0 Å². The molecule has 3 nitrogen and oxygen atoms in total. The molecule has 1 fully saturated rings. The number of aromatic nitrogens is 1. The average Bonchev–Trinajstić information content (AvgIpc) is 2.30. The van der Waals surface area contributed by atoms with Crippen molar-refractivity contribution in [2.75, 3.05) is 19.7 Å². The third-order valence-corrected chi connectivity index (χ3v) is 2.64. The molecule has 0 amide bonds. The van der Waals surface area contributed by atoms with Crippen LogP contribution in [-0.4, -0.2) is 24.7 Å². The molecule has 1 saturated heterocycles. The third kappa shape index (κ3) is 2.55. The van der Waals surface area contributed by atoms with E-state index in [4.69, 9.17) is 4.74 Å². The van der Waals surface area contributed by atoms with Crippen LogP contribution in [0.15, 0.2) is 18.2 Å². The normalized spacial score (nSPS) is 21.9. The van der Waals surface area contributed by atoms with Crippen LogP contribution < -0.4 is 5.32 Å². The summed E-state index contributed by atoms with van der Waals surface area (Å²) in [5, 5.41) is 3.32. The molecule has 82 valence electrons. The topological polar surface area (TPSA) is 34.1 Å². The minimum Gasteiger partial charge on any atom is -0.369 e. The van der Waals surface area contributed by atoms with Gasteiger partial charge in [0.1, 0.15) is 6.10 Å². The molecule has 1 aliphatic rings. The molecule has 2 rings (SSSR count). The maximum absolute atomic E-state index is 5.67. The molecule has 0 saturated carbocycles. The van der Waals surface area contributed by atoms with Gasteiger partial charge in [-0.05, 0) is 18.1 Å². The van der Waals surface area contributed by atoms with Crippen LogP contribution in [0.1, 0.15) is 37.3 Å². The summed E-state index contributed by atoms with van der Waals surface area (Å²) in [6, 6.07) is 6.18. The van der Waals surface area contributed by atoms with E-state index < -0.39 is 0 Å². The Balaban J connectivity index is 2.16. The van der Waals surface area contributed by atoms with Gasteiger partial charge in [0.2, 0.25) is 0 Å². The lowest BCUT2D eigenvalue weighted by molar-refractivity contribution is 0.0249. The molecular weight excluding hydrogens is 188 g/mol. The molecule has 0 aliphatic carbocycles. The molecule has 2 heterocycles. The van der Waals surface area contributed by atoms with E-state index in [0.29, 0.717) is 5.92 Å². The van der Waals surface area contributed by atoms with E-state index in [1.807, 2.05) is 6.07 Å². The van der Waals surface area contributed by atoms with Gasteiger partial charge in [0.05, 0.1) is 12.3 Å². The fourth-order valence-electron chi connectivity index (χ4n) is 1.73. The predicted molar refractivity (Wildman–Crippen MR) is 59.9 cm³/mol. The van der Waals surface area contributed by atoms with E-state index in [2.05, 4.69) is 36.3 Å². The summed E-state index contributed by atoms with van der Waals surface area (Å²) in [4.78, 5) is 4.63. The minimum atomic E-state index is 0.123. The van der Waals surface area contributed by atoms with Crippen LogP contribution in [0, 0.1) is 0 Å². The van der Waals surface area contributed by atoms with Crippen LogP contribution in [-0.2, 0) is 4.74 Å². The number of morpholine rings is 1. The quantitative estimate of drug-likeness (QED) is 0.802. The van der Waals surface area contributed by atoms with Crippen molar-refractivity contribution in [2.24, 2.45) is 0 Å². The van der Waals surface area contributed by atoms with Crippen molar-refractivity contribution < 1.29 is 4.74 Å². The minimum absolute atomic E-state index is 0.123. The lowest BCUT2D eigenvalue weighted by Gasteiger charge is -2.23. The molecule has 1 unspecified atom stereocenters. The van der Waals surface area contributed by atoms with Crippen molar-refractivity contribution in [1.82, 2.24) is 10.3 Å². The summed E-state index contributed by atoms with van der Waals surface area (Å²) in [7, 11) is 0. The first-order valence-corrected chi connectivity index (χ1v) is 5.56. The van der Waals surface area contributed by atoms with Gasteiger partial charge in [-0.25, -0.2) is 0 Å². The largest absolute Gasteiger partial charge is 0.369 e. The number of hydrogen-bond donors (Lipinski definition) is 1. The second kappa shape index (κ2) is 4.73. The molecule has 1 atom stereocenters. The first-order valence-electron chi connectivity index (χ1n) is 5.56. The number of nitrogens with zero attached hydrogens (tertiary/aromatic N) is 1. The van der Waals surface area contributed by atoms with Gasteiger partial charge in [0, 0.05) is 18.8 Å². The molecule has 1 aliphatic heterocycles. The van der Waals surface area contributed by atoms with Crippen LogP contribution in [0.3, 0.4) is 0 Å². The standard InChI is InChI=1S/C12H18N2O/c1-9(2)10-4-3-5-11(14-10)12-8-13-6-7-15-12/h3-5,9,12-13H,6-8H2,1-2H3. The molecule has 1 aromatic rings. The molecule has 0 bridgehead atoms. The predicted octanol–water partition coefficient (Wildman–Crippen LogP) is 1.87. The smallest absolute Gasteiger partial charge is 0.112 e. The van der Waals surface area contributed by atoms with Crippen LogP contribution >= 0.6 is 0 Å². The zero-order valence-corrected chi connectivity index (χ0v) is 9.36. The van der Waals surface area contributed by atoms with Crippen LogP contribution in [0.25, 0.3) is 0 Å². The molecule has 15 heavy (non-hydrogen) atoms. The van der Waals surface area contributed by atoms with Gasteiger partial charge in [-0.1, -0.05) is 19.9 Å². The van der Waals surface area contributed by atoms with Crippen molar-refractivity contribution >= 4 is 0 Å². The molecule has 0 aromatic carbocycles. The van der Waals surface area contributed by atoms with Gasteiger partial charge in [0.15, 0.2) is 0 Å². The van der Waals surface area contributed by atoms with Gasteiger partial charge in [-0.15, -0.1) is 0 Å². The van der Waals surface area contributed by atoms with E-state index >= 15 is 0 Å². The molecule has 0 spiro atoms. The maximum Gasteiger partial charge on any atom is 0.112 e. The maximum atomic E-state index is 5.67. The van der Waals surface area contributed by atoms with E-state index in [-0.39, 0.29) is 6.10 Å². The molecule has 1 N–H and O–H groups in total. The highest BCUT2D eigenvalue weighted by atomic mass is 16.5. The summed E-state index contributed by atoms with van der Waals surface area (Å²) in [5.41, 5.74) is 2.19. The van der Waals surface area contributed by atoms with Gasteiger partial charge < -0.3 is 10.1 Å². The number of nitrogens with one attached hydrogen (secondary N) is 1. The Morgan fingerprint density at radius 3 is 3.00 bits per heavy atom. The fraction of sp³-hybridized carbons (Fsp3) is 0.583. The monoisotopic (exact) mass is 206 g/mol. The van der Waals surface area contributed by atoms with Gasteiger partial charge in [0.25, 0.3) is 0 Å². The zero-order valence-electron chi connectivity index (χ0n) is 9.36. The lowest BCUT2D eigenvalue weighted by Crippen LogP contribution is -2.33. The summed E-state index contributed by atoms with van der Waals surface area (Å²) >= 11 is 0. The highest BCUT2D eigenvalue weighted by molar-refractivity contribution is 5.16. The van der Waals surface area contributed by atoms with Crippen molar-refractivity contribution in [3.05, 3.63) is 29.6 Å². The van der Waals surface area contributed by atoms with Crippen LogP contribution in [0.5, 0.6) is 0 Å². The Bertz CT molecular complexity index is 319. The Morgan fingerprint density at radius 1 is 1.47 bits per heavy atom. The average molecular weight is 206 g/mol. The lowest BCUT2D eigenvalue weighted by atomic mass is 10.1. The SMILES string of the molecule is CC(C)c1cccc(C2CNCCO2)n1. The summed E-state index contributed by atoms with van der Waals surface area (Å²) in [5.74, 6) is 0.474. The first kappa shape index (κ1) is 10.6. The molecule has 1 aromatic heterocycles. The second-order valence-corrected chi connectivity index (χ2v) is 4.21. The second-order valence-electron chi connectivity index (χ2n) is 4.21. The van der Waals surface area contributed by atoms with Gasteiger partial charge in [-0.2, -0.15) is 0 Å². The fourth-order valence-corrected chi connectivity index (χ4v) is 1.73. The van der Waals surface area contributed by atoms with Crippen LogP contribution in [0.2, 0.25) is 0 Å². The van der Waals surface area contributed by atoms with Crippen molar-refractivity contribution in [1.29, 1.82) is 0 Å². The van der Waals surface area contributed by atoms with Gasteiger partial charge >= 0.3 is 0 Å². The Hall–Kier alpha value is -0.930. The molecule has 3 heteroatoms. The number of hydrogen-bond acceptors (Lipinski definition) is 3. The Labute approximate surface area is 90.9 Å². The number of ether oxygens (including phenoxy) is 1. The Kier molecular flexibility index (Phi) is 3.34. The van der Waals surface area contributed by atoms with Crippen LogP contribution in [0.4, 0.5) is 0 Å². The molecular formula is C12H18N2O. The zero-order chi connectivity index (χ0) is 10.7. The number of rotatable bonds is 2. The third-order valence-electron chi connectivity index (χ3n) is 2.64. The van der Waals surface area contributed by atoms with E-state index in [0.717, 1.165) is 31.1 Å². The number of pyridine rings is 1. The highest BCUT2D eigenvalue weighted by Gasteiger charge is 2.17. The summed E-state index contributed by atoms with van der Waals surface area (Å²) < 4.78 is 5.67. The van der Waals surface area contributed by atoms with E-state index in [1.165, 1.54) is 0 Å². The van der Waals surface area contributed by atoms with Gasteiger partial charge in [-0.3, -0.25) is 4.98 Å². The highest BCUT2D eigenvalue weighted by Crippen LogP contribution is 2.19. The van der Waals surface area contributed by atoms with Crippen molar-refractivity contribution in [3.8, 4) is 0 Å².